The van der Waals surface area contributed by atoms with Crippen molar-refractivity contribution in [2.45, 2.75) is 25.9 Å². The van der Waals surface area contributed by atoms with E-state index in [9.17, 15) is 4.39 Å². The molecule has 0 bridgehead atoms. The number of aryl methyl sites for hydroxylation is 1. The van der Waals surface area contributed by atoms with E-state index in [1.807, 2.05) is 18.2 Å². The summed E-state index contributed by atoms with van der Waals surface area (Å²) < 4.78 is 24.6. The number of hydrogen-bond donors (Lipinski definition) is 1. The van der Waals surface area contributed by atoms with E-state index in [0.717, 1.165) is 17.7 Å². The van der Waals surface area contributed by atoms with Gasteiger partial charge in [-0.25, -0.2) is 4.39 Å². The molecule has 1 aliphatic rings. The summed E-state index contributed by atoms with van der Waals surface area (Å²) in [7, 11) is 0. The van der Waals surface area contributed by atoms with E-state index in [2.05, 4.69) is 6.92 Å². The Hall–Kier alpha value is -2.23. The van der Waals surface area contributed by atoms with Crippen LogP contribution in [-0.2, 0) is 12.8 Å². The Morgan fingerprint density at radius 2 is 2.14 bits per heavy atom. The second-order valence-corrected chi connectivity index (χ2v) is 5.23. The van der Waals surface area contributed by atoms with Gasteiger partial charge in [-0.3, -0.25) is 0 Å². The molecule has 1 unspecified atom stereocenters. The molecule has 0 aliphatic carbocycles. The van der Waals surface area contributed by atoms with Crippen molar-refractivity contribution in [1.82, 2.24) is 0 Å². The molecule has 21 heavy (non-hydrogen) atoms. The number of hydrogen-bond acceptors (Lipinski definition) is 3. The van der Waals surface area contributed by atoms with Crippen molar-refractivity contribution in [2.75, 3.05) is 12.3 Å². The normalized spacial score (nSPS) is 16.4. The monoisotopic (exact) mass is 287 g/mol. The molecule has 3 rings (SSSR count). The summed E-state index contributed by atoms with van der Waals surface area (Å²) in [6, 6.07) is 10.4. The molecule has 0 saturated heterocycles. The molecular weight excluding hydrogens is 269 g/mol. The van der Waals surface area contributed by atoms with Gasteiger partial charge in [0.2, 0.25) is 0 Å². The van der Waals surface area contributed by atoms with Crippen LogP contribution in [0.15, 0.2) is 36.4 Å². The fourth-order valence-corrected chi connectivity index (χ4v) is 2.51. The van der Waals surface area contributed by atoms with Crippen molar-refractivity contribution in [3.8, 4) is 11.5 Å². The molecule has 110 valence electrons. The number of benzene rings is 2. The zero-order chi connectivity index (χ0) is 14.8. The summed E-state index contributed by atoms with van der Waals surface area (Å²) in [6.45, 7) is 2.48. The van der Waals surface area contributed by atoms with E-state index in [1.54, 1.807) is 6.07 Å². The summed E-state index contributed by atoms with van der Waals surface area (Å²) in [5.74, 6) is 1.16. The average Bonchev–Trinajstić information content (AvgIpc) is 2.87. The SMILES string of the molecule is CCc1ccc(OCC2Cc3cc(F)ccc3O2)c(N)c1. The molecule has 4 heteroatoms. The lowest BCUT2D eigenvalue weighted by molar-refractivity contribution is 0.149. The summed E-state index contributed by atoms with van der Waals surface area (Å²) in [6.07, 6.45) is 1.49. The van der Waals surface area contributed by atoms with E-state index >= 15 is 0 Å². The zero-order valence-corrected chi connectivity index (χ0v) is 11.9. The van der Waals surface area contributed by atoms with E-state index in [0.29, 0.717) is 24.5 Å². The molecule has 2 N–H and O–H groups in total. The summed E-state index contributed by atoms with van der Waals surface area (Å²) >= 11 is 0. The highest BCUT2D eigenvalue weighted by Gasteiger charge is 2.24. The fraction of sp³-hybridized carbons (Fsp3) is 0.294. The molecule has 1 aliphatic heterocycles. The largest absolute Gasteiger partial charge is 0.488 e. The van der Waals surface area contributed by atoms with Crippen LogP contribution < -0.4 is 15.2 Å². The Morgan fingerprint density at radius 3 is 2.90 bits per heavy atom. The maximum atomic E-state index is 13.2. The summed E-state index contributed by atoms with van der Waals surface area (Å²) in [5, 5.41) is 0. The fourth-order valence-electron chi connectivity index (χ4n) is 2.51. The van der Waals surface area contributed by atoms with Crippen LogP contribution in [0, 0.1) is 5.82 Å². The number of anilines is 1. The molecule has 0 fully saturated rings. The molecule has 3 nitrogen and oxygen atoms in total. The molecular formula is C17H18FNO2. The van der Waals surface area contributed by atoms with Crippen molar-refractivity contribution in [3.63, 3.8) is 0 Å². The smallest absolute Gasteiger partial charge is 0.142 e. The number of fused-ring (bicyclic) bond motifs is 1. The van der Waals surface area contributed by atoms with Crippen LogP contribution in [0.3, 0.4) is 0 Å². The Bertz CT molecular complexity index is 657. The second kappa shape index (κ2) is 5.64. The second-order valence-electron chi connectivity index (χ2n) is 5.23. The minimum atomic E-state index is -0.238. The van der Waals surface area contributed by atoms with E-state index in [1.165, 1.54) is 17.7 Å². The predicted molar refractivity (Wildman–Crippen MR) is 80.2 cm³/mol. The Labute approximate surface area is 123 Å². The Kier molecular flexibility index (Phi) is 3.69. The molecule has 1 atom stereocenters. The van der Waals surface area contributed by atoms with Gasteiger partial charge in [-0.1, -0.05) is 13.0 Å². The lowest BCUT2D eigenvalue weighted by Gasteiger charge is -2.14. The maximum absolute atomic E-state index is 13.2. The number of rotatable bonds is 4. The average molecular weight is 287 g/mol. The summed E-state index contributed by atoms with van der Waals surface area (Å²) in [4.78, 5) is 0. The summed E-state index contributed by atoms with van der Waals surface area (Å²) in [5.41, 5.74) is 8.67. The molecule has 2 aromatic rings. The minimum Gasteiger partial charge on any atom is -0.488 e. The van der Waals surface area contributed by atoms with Crippen molar-refractivity contribution >= 4 is 5.69 Å². The van der Waals surface area contributed by atoms with Gasteiger partial charge in [-0.15, -0.1) is 0 Å². The molecule has 2 aromatic carbocycles. The lowest BCUT2D eigenvalue weighted by atomic mass is 10.1. The maximum Gasteiger partial charge on any atom is 0.142 e. The van der Waals surface area contributed by atoms with Crippen LogP contribution in [0.25, 0.3) is 0 Å². The van der Waals surface area contributed by atoms with E-state index in [4.69, 9.17) is 15.2 Å². The van der Waals surface area contributed by atoms with Crippen LogP contribution in [0.5, 0.6) is 11.5 Å². The Balaban J connectivity index is 1.62. The van der Waals surface area contributed by atoms with Gasteiger partial charge >= 0.3 is 0 Å². The highest BCUT2D eigenvalue weighted by atomic mass is 19.1. The number of nitrogens with two attached hydrogens (primary N) is 1. The van der Waals surface area contributed by atoms with Crippen LogP contribution >= 0.6 is 0 Å². The first-order valence-electron chi connectivity index (χ1n) is 7.12. The van der Waals surface area contributed by atoms with Crippen molar-refractivity contribution < 1.29 is 13.9 Å². The van der Waals surface area contributed by atoms with E-state index in [-0.39, 0.29) is 11.9 Å². The highest BCUT2D eigenvalue weighted by molar-refractivity contribution is 5.54. The third-order valence-electron chi connectivity index (χ3n) is 3.67. The molecule has 0 amide bonds. The molecule has 0 spiro atoms. The minimum absolute atomic E-state index is 0.105. The van der Waals surface area contributed by atoms with Crippen molar-refractivity contribution in [1.29, 1.82) is 0 Å². The zero-order valence-electron chi connectivity index (χ0n) is 11.9. The third-order valence-corrected chi connectivity index (χ3v) is 3.67. The number of halogens is 1. The van der Waals surface area contributed by atoms with Gasteiger partial charge in [0.05, 0.1) is 5.69 Å². The van der Waals surface area contributed by atoms with Gasteiger partial charge in [0, 0.05) is 12.0 Å². The van der Waals surface area contributed by atoms with Crippen molar-refractivity contribution in [3.05, 3.63) is 53.3 Å². The third kappa shape index (κ3) is 2.94. The predicted octanol–water partition coefficient (Wildman–Crippen LogP) is 3.35. The van der Waals surface area contributed by atoms with Gasteiger partial charge in [-0.05, 0) is 42.3 Å². The van der Waals surface area contributed by atoms with Crippen LogP contribution in [0.1, 0.15) is 18.1 Å². The van der Waals surface area contributed by atoms with Crippen LogP contribution in [-0.4, -0.2) is 12.7 Å². The first-order chi connectivity index (χ1) is 10.2. The van der Waals surface area contributed by atoms with Gasteiger partial charge in [0.1, 0.15) is 30.0 Å². The molecule has 0 radical (unpaired) electrons. The lowest BCUT2D eigenvalue weighted by Crippen LogP contribution is -2.22. The first-order valence-corrected chi connectivity index (χ1v) is 7.12. The van der Waals surface area contributed by atoms with Gasteiger partial charge in [0.15, 0.2) is 0 Å². The van der Waals surface area contributed by atoms with E-state index < -0.39 is 0 Å². The standard InChI is InChI=1S/C17H18FNO2/c1-2-11-3-5-17(15(19)7-11)20-10-14-9-12-8-13(18)4-6-16(12)21-14/h3-8,14H,2,9-10,19H2,1H3. The quantitative estimate of drug-likeness (QED) is 0.877. The van der Waals surface area contributed by atoms with Crippen LogP contribution in [0.2, 0.25) is 0 Å². The van der Waals surface area contributed by atoms with Crippen LogP contribution in [0.4, 0.5) is 10.1 Å². The number of ether oxygens (including phenoxy) is 2. The number of nitrogen functional groups attached to an aromatic ring is 1. The van der Waals surface area contributed by atoms with Gasteiger partial charge < -0.3 is 15.2 Å². The topological polar surface area (TPSA) is 44.5 Å². The first kappa shape index (κ1) is 13.7. The van der Waals surface area contributed by atoms with Gasteiger partial charge in [-0.2, -0.15) is 0 Å². The molecule has 0 saturated carbocycles. The Morgan fingerprint density at radius 1 is 1.29 bits per heavy atom. The van der Waals surface area contributed by atoms with Crippen molar-refractivity contribution in [2.24, 2.45) is 0 Å². The molecule has 1 heterocycles. The molecule has 0 aromatic heterocycles. The van der Waals surface area contributed by atoms with Gasteiger partial charge in [0.25, 0.3) is 0 Å². The highest BCUT2D eigenvalue weighted by Crippen LogP contribution is 2.30.